The normalized spacial score (nSPS) is 24.6. The van der Waals surface area contributed by atoms with E-state index in [1.807, 2.05) is 18.2 Å². The van der Waals surface area contributed by atoms with E-state index >= 15 is 0 Å². The SMILES string of the molecule is COc1ccc(C(N)CN2CC(C)OC(C)C2)c(OC)c1. The van der Waals surface area contributed by atoms with E-state index in [4.69, 9.17) is 19.9 Å². The van der Waals surface area contributed by atoms with Gasteiger partial charge in [-0.25, -0.2) is 0 Å². The molecule has 118 valence electrons. The van der Waals surface area contributed by atoms with Crippen LogP contribution in [0.2, 0.25) is 0 Å². The minimum absolute atomic E-state index is 0.0941. The van der Waals surface area contributed by atoms with Gasteiger partial charge in [0, 0.05) is 37.3 Å². The van der Waals surface area contributed by atoms with Crippen molar-refractivity contribution in [2.45, 2.75) is 32.1 Å². The van der Waals surface area contributed by atoms with Gasteiger partial charge in [-0.2, -0.15) is 0 Å². The number of morpholine rings is 1. The molecule has 1 aliphatic rings. The number of hydrogen-bond donors (Lipinski definition) is 1. The molecule has 0 amide bonds. The molecule has 0 aliphatic carbocycles. The van der Waals surface area contributed by atoms with Crippen LogP contribution in [0, 0.1) is 0 Å². The first-order valence-corrected chi connectivity index (χ1v) is 7.38. The monoisotopic (exact) mass is 294 g/mol. The van der Waals surface area contributed by atoms with Gasteiger partial charge in [0.25, 0.3) is 0 Å². The number of methoxy groups -OCH3 is 2. The van der Waals surface area contributed by atoms with E-state index in [2.05, 4.69) is 18.7 Å². The molecule has 1 aliphatic heterocycles. The Bertz CT molecular complexity index is 457. The highest BCUT2D eigenvalue weighted by molar-refractivity contribution is 5.42. The van der Waals surface area contributed by atoms with Crippen LogP contribution in [-0.4, -0.2) is 51.0 Å². The third-order valence-corrected chi connectivity index (χ3v) is 3.79. The van der Waals surface area contributed by atoms with Gasteiger partial charge in [0.1, 0.15) is 11.5 Å². The van der Waals surface area contributed by atoms with Crippen molar-refractivity contribution >= 4 is 0 Å². The molecule has 3 atom stereocenters. The Hall–Kier alpha value is -1.30. The van der Waals surface area contributed by atoms with Crippen LogP contribution in [0.5, 0.6) is 11.5 Å². The van der Waals surface area contributed by atoms with Gasteiger partial charge < -0.3 is 19.9 Å². The molecule has 2 rings (SSSR count). The number of rotatable bonds is 5. The molecule has 1 aromatic rings. The zero-order valence-electron chi connectivity index (χ0n) is 13.3. The molecular weight excluding hydrogens is 268 g/mol. The topological polar surface area (TPSA) is 57.0 Å². The molecule has 3 unspecified atom stereocenters. The average Bonchev–Trinajstić information content (AvgIpc) is 2.45. The lowest BCUT2D eigenvalue weighted by Gasteiger charge is -2.36. The second kappa shape index (κ2) is 7.11. The zero-order valence-corrected chi connectivity index (χ0v) is 13.3. The lowest BCUT2D eigenvalue weighted by molar-refractivity contribution is -0.0692. The van der Waals surface area contributed by atoms with E-state index in [9.17, 15) is 0 Å². The summed E-state index contributed by atoms with van der Waals surface area (Å²) in [6.45, 7) is 6.82. The fraction of sp³-hybridized carbons (Fsp3) is 0.625. The van der Waals surface area contributed by atoms with E-state index in [1.54, 1.807) is 14.2 Å². The summed E-state index contributed by atoms with van der Waals surface area (Å²) in [6.07, 6.45) is 0.498. The van der Waals surface area contributed by atoms with E-state index in [-0.39, 0.29) is 18.2 Å². The van der Waals surface area contributed by atoms with Crippen molar-refractivity contribution in [1.82, 2.24) is 4.90 Å². The minimum Gasteiger partial charge on any atom is -0.497 e. The van der Waals surface area contributed by atoms with Gasteiger partial charge in [-0.1, -0.05) is 6.07 Å². The lowest BCUT2D eigenvalue weighted by atomic mass is 10.0. The molecule has 5 heteroatoms. The third-order valence-electron chi connectivity index (χ3n) is 3.79. The van der Waals surface area contributed by atoms with Crippen LogP contribution >= 0.6 is 0 Å². The summed E-state index contributed by atoms with van der Waals surface area (Å²) < 4.78 is 16.4. The van der Waals surface area contributed by atoms with Crippen molar-refractivity contribution in [2.75, 3.05) is 33.9 Å². The third kappa shape index (κ3) is 4.09. The second-order valence-corrected chi connectivity index (χ2v) is 5.69. The summed E-state index contributed by atoms with van der Waals surface area (Å²) in [5, 5.41) is 0. The highest BCUT2D eigenvalue weighted by atomic mass is 16.5. The number of nitrogens with two attached hydrogens (primary N) is 1. The smallest absolute Gasteiger partial charge is 0.127 e. The van der Waals surface area contributed by atoms with E-state index < -0.39 is 0 Å². The second-order valence-electron chi connectivity index (χ2n) is 5.69. The van der Waals surface area contributed by atoms with Crippen molar-refractivity contribution in [3.05, 3.63) is 23.8 Å². The Kier molecular flexibility index (Phi) is 5.45. The standard InChI is InChI=1S/C16H26N2O3/c1-11-8-18(9-12(2)21-11)10-15(17)14-6-5-13(19-3)7-16(14)20-4/h5-7,11-12,15H,8-10,17H2,1-4H3. The summed E-state index contributed by atoms with van der Waals surface area (Å²) in [4.78, 5) is 2.35. The van der Waals surface area contributed by atoms with Crippen LogP contribution in [0.15, 0.2) is 18.2 Å². The van der Waals surface area contributed by atoms with E-state index in [1.165, 1.54) is 0 Å². The summed E-state index contributed by atoms with van der Waals surface area (Å²) >= 11 is 0. The molecule has 0 saturated carbocycles. The lowest BCUT2D eigenvalue weighted by Crippen LogP contribution is -2.47. The molecule has 1 saturated heterocycles. The van der Waals surface area contributed by atoms with Crippen molar-refractivity contribution in [1.29, 1.82) is 0 Å². The molecule has 1 fully saturated rings. The highest BCUT2D eigenvalue weighted by Crippen LogP contribution is 2.29. The maximum atomic E-state index is 6.38. The van der Waals surface area contributed by atoms with Crippen LogP contribution in [0.4, 0.5) is 0 Å². The van der Waals surface area contributed by atoms with Gasteiger partial charge in [-0.15, -0.1) is 0 Å². The molecule has 1 heterocycles. The Morgan fingerprint density at radius 2 is 1.90 bits per heavy atom. The van der Waals surface area contributed by atoms with Crippen molar-refractivity contribution in [2.24, 2.45) is 5.73 Å². The molecular formula is C16H26N2O3. The van der Waals surface area contributed by atoms with Gasteiger partial charge in [0.05, 0.1) is 26.4 Å². The van der Waals surface area contributed by atoms with E-state index in [0.717, 1.165) is 36.7 Å². The fourth-order valence-corrected chi connectivity index (χ4v) is 2.93. The molecule has 0 aromatic heterocycles. The quantitative estimate of drug-likeness (QED) is 0.897. The van der Waals surface area contributed by atoms with Gasteiger partial charge in [-0.3, -0.25) is 4.90 Å². The predicted molar refractivity (Wildman–Crippen MR) is 82.9 cm³/mol. The van der Waals surface area contributed by atoms with Crippen LogP contribution in [0.25, 0.3) is 0 Å². The Morgan fingerprint density at radius 1 is 1.24 bits per heavy atom. The number of hydrogen-bond acceptors (Lipinski definition) is 5. The van der Waals surface area contributed by atoms with Crippen molar-refractivity contribution in [3.63, 3.8) is 0 Å². The summed E-state index contributed by atoms with van der Waals surface area (Å²) in [6, 6.07) is 5.68. The maximum Gasteiger partial charge on any atom is 0.127 e. The minimum atomic E-state index is -0.0941. The molecule has 1 aromatic carbocycles. The molecule has 0 bridgehead atoms. The zero-order chi connectivity index (χ0) is 15.4. The molecule has 5 nitrogen and oxygen atoms in total. The van der Waals surface area contributed by atoms with Gasteiger partial charge >= 0.3 is 0 Å². The largest absolute Gasteiger partial charge is 0.497 e. The number of nitrogens with zero attached hydrogens (tertiary/aromatic N) is 1. The maximum absolute atomic E-state index is 6.38. The first-order valence-electron chi connectivity index (χ1n) is 7.38. The number of ether oxygens (including phenoxy) is 3. The Balaban J connectivity index is 2.07. The van der Waals surface area contributed by atoms with Crippen molar-refractivity contribution in [3.8, 4) is 11.5 Å². The summed E-state index contributed by atoms with van der Waals surface area (Å²) in [5.41, 5.74) is 7.39. The van der Waals surface area contributed by atoms with Crippen LogP contribution in [0.1, 0.15) is 25.5 Å². The number of benzene rings is 1. The van der Waals surface area contributed by atoms with Gasteiger partial charge in [0.2, 0.25) is 0 Å². The predicted octanol–water partition coefficient (Wildman–Crippen LogP) is 1.81. The van der Waals surface area contributed by atoms with Crippen LogP contribution in [-0.2, 0) is 4.74 Å². The summed E-state index contributed by atoms with van der Waals surface area (Å²) in [7, 11) is 3.30. The van der Waals surface area contributed by atoms with E-state index in [0.29, 0.717) is 0 Å². The van der Waals surface area contributed by atoms with Crippen LogP contribution < -0.4 is 15.2 Å². The fourth-order valence-electron chi connectivity index (χ4n) is 2.93. The Morgan fingerprint density at radius 3 is 2.48 bits per heavy atom. The first-order chi connectivity index (χ1) is 10.0. The van der Waals surface area contributed by atoms with Gasteiger partial charge in [-0.05, 0) is 19.9 Å². The average molecular weight is 294 g/mol. The Labute approximate surface area is 127 Å². The first kappa shape index (κ1) is 16.1. The van der Waals surface area contributed by atoms with Crippen LogP contribution in [0.3, 0.4) is 0 Å². The summed E-state index contributed by atoms with van der Waals surface area (Å²) in [5.74, 6) is 1.55. The molecule has 21 heavy (non-hydrogen) atoms. The van der Waals surface area contributed by atoms with Crippen molar-refractivity contribution < 1.29 is 14.2 Å². The molecule has 2 N–H and O–H groups in total. The highest BCUT2D eigenvalue weighted by Gasteiger charge is 2.24. The molecule has 0 spiro atoms. The molecule has 0 radical (unpaired) electrons. The van der Waals surface area contributed by atoms with Gasteiger partial charge in [0.15, 0.2) is 0 Å².